The van der Waals surface area contributed by atoms with Crippen LogP contribution in [0.25, 0.3) is 10.9 Å². The molecule has 0 bridgehead atoms. The molecule has 1 heterocycles. The summed E-state index contributed by atoms with van der Waals surface area (Å²) < 4.78 is 5.18. The van der Waals surface area contributed by atoms with Gasteiger partial charge in [0.25, 0.3) is 0 Å². The number of aliphatic carboxylic acids is 1. The number of fused-ring (bicyclic) bond motifs is 1. The normalized spacial score (nSPS) is 12.7. The maximum absolute atomic E-state index is 11.7. The van der Waals surface area contributed by atoms with E-state index in [1.165, 1.54) is 0 Å². The summed E-state index contributed by atoms with van der Waals surface area (Å²) >= 11 is 0. The molecule has 0 saturated carbocycles. The van der Waals surface area contributed by atoms with Crippen LogP contribution in [0.15, 0.2) is 30.5 Å². The second-order valence-corrected chi connectivity index (χ2v) is 7.81. The fraction of sp³-hybridized carbons (Fsp3) is 0.524. The SMILES string of the molecule is CC(C)(C)OC(=O)NCCCCCCC(C(=O)O)c1c[nH]c2ccccc12. The molecule has 27 heavy (non-hydrogen) atoms. The minimum Gasteiger partial charge on any atom is -0.481 e. The maximum Gasteiger partial charge on any atom is 0.407 e. The molecule has 0 aliphatic rings. The minimum atomic E-state index is -0.786. The maximum atomic E-state index is 11.7. The molecule has 1 atom stereocenters. The Morgan fingerprint density at radius 3 is 2.56 bits per heavy atom. The predicted molar refractivity (Wildman–Crippen MR) is 106 cm³/mol. The zero-order chi connectivity index (χ0) is 19.9. The Hall–Kier alpha value is -2.50. The van der Waals surface area contributed by atoms with E-state index in [0.29, 0.717) is 13.0 Å². The minimum absolute atomic E-state index is 0.396. The van der Waals surface area contributed by atoms with Crippen LogP contribution in [-0.2, 0) is 9.53 Å². The Balaban J connectivity index is 1.72. The van der Waals surface area contributed by atoms with Crippen molar-refractivity contribution in [1.29, 1.82) is 0 Å². The molecule has 148 valence electrons. The van der Waals surface area contributed by atoms with Crippen molar-refractivity contribution in [2.24, 2.45) is 0 Å². The standard InChI is InChI=1S/C21H30N2O4/c1-21(2,3)27-20(26)22-13-9-5-4-6-11-16(19(24)25)17-14-23-18-12-8-7-10-15(17)18/h7-8,10,12,14,16,23H,4-6,9,11,13H2,1-3H3,(H,22,26)(H,24,25). The molecule has 2 rings (SSSR count). The molecule has 6 heteroatoms. The number of aromatic amines is 1. The lowest BCUT2D eigenvalue weighted by Crippen LogP contribution is -2.32. The molecule has 0 aliphatic carbocycles. The van der Waals surface area contributed by atoms with E-state index in [9.17, 15) is 14.7 Å². The van der Waals surface area contributed by atoms with Crippen LogP contribution in [0.1, 0.15) is 64.4 Å². The summed E-state index contributed by atoms with van der Waals surface area (Å²) in [5, 5.41) is 13.3. The van der Waals surface area contributed by atoms with Gasteiger partial charge in [0.1, 0.15) is 5.60 Å². The molecule has 1 amide bonds. The van der Waals surface area contributed by atoms with E-state index in [4.69, 9.17) is 4.74 Å². The lowest BCUT2D eigenvalue weighted by atomic mass is 9.93. The van der Waals surface area contributed by atoms with Gasteiger partial charge in [-0.3, -0.25) is 4.79 Å². The van der Waals surface area contributed by atoms with Crippen LogP contribution in [0.3, 0.4) is 0 Å². The third-order valence-electron chi connectivity index (χ3n) is 4.38. The number of rotatable bonds is 9. The number of carboxylic acid groups (broad SMARTS) is 1. The number of aromatic nitrogens is 1. The van der Waals surface area contributed by atoms with Crippen molar-refractivity contribution < 1.29 is 19.4 Å². The second-order valence-electron chi connectivity index (χ2n) is 7.81. The molecular weight excluding hydrogens is 344 g/mol. The topological polar surface area (TPSA) is 91.4 Å². The van der Waals surface area contributed by atoms with Gasteiger partial charge >= 0.3 is 12.1 Å². The third kappa shape index (κ3) is 6.62. The lowest BCUT2D eigenvalue weighted by Gasteiger charge is -2.19. The Labute approximate surface area is 160 Å². The van der Waals surface area contributed by atoms with Gasteiger partial charge in [-0.15, -0.1) is 0 Å². The van der Waals surface area contributed by atoms with Crippen molar-refractivity contribution in [2.75, 3.05) is 6.54 Å². The molecule has 0 aliphatic heterocycles. The van der Waals surface area contributed by atoms with Crippen LogP contribution >= 0.6 is 0 Å². The molecule has 1 aromatic heterocycles. The summed E-state index contributed by atoms with van der Waals surface area (Å²) in [5.41, 5.74) is 1.33. The number of benzene rings is 1. The molecule has 0 spiro atoms. The van der Waals surface area contributed by atoms with Crippen LogP contribution in [0.2, 0.25) is 0 Å². The molecular formula is C21H30N2O4. The van der Waals surface area contributed by atoms with Crippen molar-refractivity contribution in [3.8, 4) is 0 Å². The summed E-state index contributed by atoms with van der Waals surface area (Å²) in [6, 6.07) is 7.77. The van der Waals surface area contributed by atoms with Gasteiger partial charge in [-0.2, -0.15) is 0 Å². The zero-order valence-corrected chi connectivity index (χ0v) is 16.4. The van der Waals surface area contributed by atoms with E-state index in [0.717, 1.165) is 42.1 Å². The first-order valence-electron chi connectivity index (χ1n) is 9.53. The highest BCUT2D eigenvalue weighted by molar-refractivity contribution is 5.89. The van der Waals surface area contributed by atoms with Gasteiger partial charge in [0.2, 0.25) is 0 Å². The molecule has 1 unspecified atom stereocenters. The van der Waals surface area contributed by atoms with Crippen molar-refractivity contribution in [1.82, 2.24) is 10.3 Å². The van der Waals surface area contributed by atoms with Crippen molar-refractivity contribution in [2.45, 2.75) is 64.4 Å². The monoisotopic (exact) mass is 374 g/mol. The van der Waals surface area contributed by atoms with E-state index in [1.54, 1.807) is 0 Å². The lowest BCUT2D eigenvalue weighted by molar-refractivity contribution is -0.139. The third-order valence-corrected chi connectivity index (χ3v) is 4.38. The molecule has 3 N–H and O–H groups in total. The predicted octanol–water partition coefficient (Wildman–Crippen LogP) is 4.81. The Morgan fingerprint density at radius 1 is 1.15 bits per heavy atom. The number of alkyl carbamates (subject to hydrolysis) is 1. The summed E-state index contributed by atoms with van der Waals surface area (Å²) in [6.07, 6.45) is 5.59. The summed E-state index contributed by atoms with van der Waals surface area (Å²) in [4.78, 5) is 26.4. The highest BCUT2D eigenvalue weighted by Gasteiger charge is 2.22. The number of ether oxygens (including phenoxy) is 1. The Morgan fingerprint density at radius 2 is 1.85 bits per heavy atom. The van der Waals surface area contributed by atoms with E-state index in [-0.39, 0.29) is 0 Å². The van der Waals surface area contributed by atoms with Gasteiger partial charge in [0.15, 0.2) is 0 Å². The van der Waals surface area contributed by atoms with Gasteiger partial charge in [0.05, 0.1) is 5.92 Å². The zero-order valence-electron chi connectivity index (χ0n) is 16.4. The quantitative estimate of drug-likeness (QED) is 0.549. The molecule has 0 saturated heterocycles. The van der Waals surface area contributed by atoms with Crippen LogP contribution in [0, 0.1) is 0 Å². The van der Waals surface area contributed by atoms with Crippen molar-refractivity contribution in [3.05, 3.63) is 36.0 Å². The average Bonchev–Trinajstić information content (AvgIpc) is 2.99. The second kappa shape index (κ2) is 9.44. The molecule has 2 aromatic rings. The van der Waals surface area contributed by atoms with Crippen LogP contribution < -0.4 is 5.32 Å². The number of amides is 1. The van der Waals surface area contributed by atoms with Gasteiger partial charge in [-0.25, -0.2) is 4.79 Å². The molecule has 0 radical (unpaired) electrons. The van der Waals surface area contributed by atoms with E-state index in [2.05, 4.69) is 10.3 Å². The Kier molecular flexibility index (Phi) is 7.28. The first kappa shape index (κ1) is 20.8. The number of hydrogen-bond donors (Lipinski definition) is 3. The van der Waals surface area contributed by atoms with E-state index in [1.807, 2.05) is 51.2 Å². The Bertz CT molecular complexity index is 761. The fourth-order valence-electron chi connectivity index (χ4n) is 3.13. The van der Waals surface area contributed by atoms with E-state index < -0.39 is 23.6 Å². The average molecular weight is 374 g/mol. The molecule has 1 aromatic carbocycles. The highest BCUT2D eigenvalue weighted by Crippen LogP contribution is 2.29. The first-order chi connectivity index (χ1) is 12.8. The van der Waals surface area contributed by atoms with Crippen molar-refractivity contribution in [3.63, 3.8) is 0 Å². The number of unbranched alkanes of at least 4 members (excludes halogenated alkanes) is 3. The number of carbonyl (C=O) groups excluding carboxylic acids is 1. The number of H-pyrrole nitrogens is 1. The number of carboxylic acids is 1. The van der Waals surface area contributed by atoms with Crippen molar-refractivity contribution >= 4 is 23.0 Å². The first-order valence-corrected chi connectivity index (χ1v) is 9.53. The largest absolute Gasteiger partial charge is 0.481 e. The molecule has 0 fully saturated rings. The summed E-state index contributed by atoms with van der Waals surface area (Å²) in [5.74, 6) is -1.28. The van der Waals surface area contributed by atoms with Gasteiger partial charge in [-0.05, 0) is 45.2 Å². The van der Waals surface area contributed by atoms with Gasteiger partial charge in [-0.1, -0.05) is 37.5 Å². The fourth-order valence-corrected chi connectivity index (χ4v) is 3.13. The number of para-hydroxylation sites is 1. The van der Waals surface area contributed by atoms with Crippen LogP contribution in [-0.4, -0.2) is 34.3 Å². The van der Waals surface area contributed by atoms with Crippen LogP contribution in [0.4, 0.5) is 4.79 Å². The number of hydrogen-bond acceptors (Lipinski definition) is 3. The molecule has 6 nitrogen and oxygen atoms in total. The van der Waals surface area contributed by atoms with Gasteiger partial charge < -0.3 is 20.1 Å². The summed E-state index contributed by atoms with van der Waals surface area (Å²) in [6.45, 7) is 6.07. The smallest absolute Gasteiger partial charge is 0.407 e. The number of nitrogens with one attached hydrogen (secondary N) is 2. The van der Waals surface area contributed by atoms with E-state index >= 15 is 0 Å². The highest BCUT2D eigenvalue weighted by atomic mass is 16.6. The number of carbonyl (C=O) groups is 2. The summed E-state index contributed by atoms with van der Waals surface area (Å²) in [7, 11) is 0. The van der Waals surface area contributed by atoms with Gasteiger partial charge in [0, 0.05) is 23.6 Å². The van der Waals surface area contributed by atoms with Crippen LogP contribution in [0.5, 0.6) is 0 Å².